The molecule has 1 aliphatic carbocycles. The maximum absolute atomic E-state index is 11.6. The number of Topliss-reactive ketones (excluding diaryl/α,β-unsaturated/α-hetero) is 2. The van der Waals surface area contributed by atoms with Crippen LogP contribution in [0, 0.1) is 5.92 Å². The Kier molecular flexibility index (Phi) is 2.66. The van der Waals surface area contributed by atoms with Crippen molar-refractivity contribution in [1.29, 1.82) is 0 Å². The highest BCUT2D eigenvalue weighted by Gasteiger charge is 2.31. The highest BCUT2D eigenvalue weighted by Crippen LogP contribution is 2.31. The molecule has 0 amide bonds. The normalized spacial score (nSPS) is 15.3. The molecule has 2 rings (SSSR count). The van der Waals surface area contributed by atoms with Crippen LogP contribution in [0.2, 0.25) is 0 Å². The third kappa shape index (κ3) is 2.32. The van der Waals surface area contributed by atoms with Gasteiger partial charge in [-0.2, -0.15) is 0 Å². The SMILES string of the molecule is CCn1cnc(C(=O)CC(=O)C2CC2)c1. The van der Waals surface area contributed by atoms with Gasteiger partial charge in [0.15, 0.2) is 5.78 Å². The summed E-state index contributed by atoms with van der Waals surface area (Å²) in [6.45, 7) is 2.77. The van der Waals surface area contributed by atoms with E-state index in [9.17, 15) is 9.59 Å². The molecule has 0 saturated heterocycles. The number of hydrogen-bond acceptors (Lipinski definition) is 3. The van der Waals surface area contributed by atoms with Crippen LogP contribution < -0.4 is 0 Å². The predicted octanol–water partition coefficient (Wildman–Crippen LogP) is 1.45. The van der Waals surface area contributed by atoms with Crippen molar-refractivity contribution in [2.45, 2.75) is 32.7 Å². The third-order valence-electron chi connectivity index (χ3n) is 2.65. The van der Waals surface area contributed by atoms with Crippen LogP contribution in [0.4, 0.5) is 0 Å². The Morgan fingerprint density at radius 3 is 2.80 bits per heavy atom. The molecule has 0 atom stereocenters. The average Bonchev–Trinajstić information content (AvgIpc) is 2.96. The lowest BCUT2D eigenvalue weighted by molar-refractivity contribution is -0.119. The quantitative estimate of drug-likeness (QED) is 0.541. The van der Waals surface area contributed by atoms with Crippen LogP contribution in [-0.2, 0) is 11.3 Å². The van der Waals surface area contributed by atoms with Gasteiger partial charge in [-0.1, -0.05) is 0 Å². The van der Waals surface area contributed by atoms with Gasteiger partial charge in [-0.05, 0) is 19.8 Å². The van der Waals surface area contributed by atoms with Crippen molar-refractivity contribution in [3.05, 3.63) is 18.2 Å². The van der Waals surface area contributed by atoms with Crippen LogP contribution >= 0.6 is 0 Å². The fourth-order valence-electron chi connectivity index (χ4n) is 1.48. The van der Waals surface area contributed by atoms with Crippen molar-refractivity contribution >= 4 is 11.6 Å². The second-order valence-electron chi connectivity index (χ2n) is 3.93. The number of nitrogens with zero attached hydrogens (tertiary/aromatic N) is 2. The van der Waals surface area contributed by atoms with Crippen molar-refractivity contribution in [3.8, 4) is 0 Å². The highest BCUT2D eigenvalue weighted by molar-refractivity contribution is 6.08. The van der Waals surface area contributed by atoms with Gasteiger partial charge in [-0.15, -0.1) is 0 Å². The Labute approximate surface area is 88.3 Å². The zero-order valence-electron chi connectivity index (χ0n) is 8.77. The molecule has 0 unspecified atom stereocenters. The molecule has 1 saturated carbocycles. The van der Waals surface area contributed by atoms with E-state index in [4.69, 9.17) is 0 Å². The zero-order chi connectivity index (χ0) is 10.8. The van der Waals surface area contributed by atoms with E-state index < -0.39 is 0 Å². The smallest absolute Gasteiger partial charge is 0.190 e. The van der Waals surface area contributed by atoms with E-state index in [0.29, 0.717) is 5.69 Å². The van der Waals surface area contributed by atoms with Gasteiger partial charge in [0.05, 0.1) is 12.7 Å². The van der Waals surface area contributed by atoms with Gasteiger partial charge < -0.3 is 4.57 Å². The average molecular weight is 206 g/mol. The Morgan fingerprint density at radius 1 is 1.53 bits per heavy atom. The van der Waals surface area contributed by atoms with Crippen LogP contribution in [0.3, 0.4) is 0 Å². The van der Waals surface area contributed by atoms with Crippen molar-refractivity contribution < 1.29 is 9.59 Å². The van der Waals surface area contributed by atoms with Crippen LogP contribution in [0.25, 0.3) is 0 Å². The maximum Gasteiger partial charge on any atom is 0.190 e. The number of rotatable bonds is 5. The number of imidazole rings is 1. The first-order chi connectivity index (χ1) is 7.20. The van der Waals surface area contributed by atoms with Crippen LogP contribution in [0.5, 0.6) is 0 Å². The van der Waals surface area contributed by atoms with Gasteiger partial charge in [-0.3, -0.25) is 9.59 Å². The van der Waals surface area contributed by atoms with E-state index in [2.05, 4.69) is 4.98 Å². The summed E-state index contributed by atoms with van der Waals surface area (Å²) < 4.78 is 1.83. The van der Waals surface area contributed by atoms with Crippen LogP contribution in [0.15, 0.2) is 12.5 Å². The zero-order valence-corrected chi connectivity index (χ0v) is 8.77. The van der Waals surface area contributed by atoms with E-state index in [1.54, 1.807) is 12.5 Å². The Bertz CT molecular complexity index is 391. The summed E-state index contributed by atoms with van der Waals surface area (Å²) in [6.07, 6.45) is 5.24. The number of hydrogen-bond donors (Lipinski definition) is 0. The molecular weight excluding hydrogens is 192 g/mol. The Balaban J connectivity index is 1.97. The number of ketones is 2. The summed E-state index contributed by atoms with van der Waals surface area (Å²) in [6, 6.07) is 0. The molecule has 0 radical (unpaired) electrons. The molecule has 4 nitrogen and oxygen atoms in total. The van der Waals surface area contributed by atoms with Gasteiger partial charge in [0.25, 0.3) is 0 Å². The minimum absolute atomic E-state index is 0.0192. The van der Waals surface area contributed by atoms with Crippen molar-refractivity contribution in [2.75, 3.05) is 0 Å². The standard InChI is InChI=1S/C11H14N2O2/c1-2-13-6-9(12-7-13)11(15)5-10(14)8-3-4-8/h6-8H,2-5H2,1H3. The molecule has 1 heterocycles. The van der Waals surface area contributed by atoms with Gasteiger partial charge in [0.2, 0.25) is 0 Å². The summed E-state index contributed by atoms with van der Waals surface area (Å²) in [5.41, 5.74) is 0.408. The molecule has 0 N–H and O–H groups in total. The Morgan fingerprint density at radius 2 is 2.27 bits per heavy atom. The first-order valence-electron chi connectivity index (χ1n) is 5.28. The monoisotopic (exact) mass is 206 g/mol. The summed E-state index contributed by atoms with van der Waals surface area (Å²) in [5, 5.41) is 0. The lowest BCUT2D eigenvalue weighted by Gasteiger charge is -1.95. The van der Waals surface area contributed by atoms with Crippen LogP contribution in [0.1, 0.15) is 36.7 Å². The number of aromatic nitrogens is 2. The molecule has 1 fully saturated rings. The van der Waals surface area contributed by atoms with Gasteiger partial charge in [-0.25, -0.2) is 4.98 Å². The minimum atomic E-state index is -0.154. The molecule has 1 aliphatic rings. The highest BCUT2D eigenvalue weighted by atomic mass is 16.1. The topological polar surface area (TPSA) is 52.0 Å². The van der Waals surface area contributed by atoms with Crippen molar-refractivity contribution in [1.82, 2.24) is 9.55 Å². The molecular formula is C11H14N2O2. The summed E-state index contributed by atoms with van der Waals surface area (Å²) >= 11 is 0. The summed E-state index contributed by atoms with van der Waals surface area (Å²) in [7, 11) is 0. The summed E-state index contributed by atoms with van der Waals surface area (Å²) in [5.74, 6) is 0.0763. The molecule has 4 heteroatoms. The van der Waals surface area contributed by atoms with Gasteiger partial charge in [0, 0.05) is 18.7 Å². The fourth-order valence-corrected chi connectivity index (χ4v) is 1.48. The number of carbonyl (C=O) groups excluding carboxylic acids is 2. The fraction of sp³-hybridized carbons (Fsp3) is 0.545. The minimum Gasteiger partial charge on any atom is -0.337 e. The lowest BCUT2D eigenvalue weighted by atomic mass is 10.1. The molecule has 80 valence electrons. The predicted molar refractivity (Wildman–Crippen MR) is 54.6 cm³/mol. The molecule has 0 bridgehead atoms. The van der Waals surface area contributed by atoms with E-state index in [0.717, 1.165) is 19.4 Å². The van der Waals surface area contributed by atoms with Crippen LogP contribution in [-0.4, -0.2) is 21.1 Å². The second-order valence-corrected chi connectivity index (χ2v) is 3.93. The molecule has 0 aromatic carbocycles. The molecule has 15 heavy (non-hydrogen) atoms. The van der Waals surface area contributed by atoms with E-state index in [1.165, 1.54) is 0 Å². The molecule has 0 spiro atoms. The molecule has 1 aromatic heterocycles. The second kappa shape index (κ2) is 3.96. The van der Waals surface area contributed by atoms with Gasteiger partial charge in [0.1, 0.15) is 11.5 Å². The molecule has 0 aliphatic heterocycles. The largest absolute Gasteiger partial charge is 0.337 e. The number of carbonyl (C=O) groups is 2. The summed E-state index contributed by atoms with van der Waals surface area (Å²) in [4.78, 5) is 27.0. The number of aryl methyl sites for hydroxylation is 1. The van der Waals surface area contributed by atoms with Gasteiger partial charge >= 0.3 is 0 Å². The third-order valence-corrected chi connectivity index (χ3v) is 2.65. The van der Waals surface area contributed by atoms with E-state index >= 15 is 0 Å². The van der Waals surface area contributed by atoms with E-state index in [-0.39, 0.29) is 23.9 Å². The van der Waals surface area contributed by atoms with Crippen molar-refractivity contribution in [3.63, 3.8) is 0 Å². The lowest BCUT2D eigenvalue weighted by Crippen LogP contribution is -2.09. The first kappa shape index (κ1) is 10.1. The first-order valence-corrected chi connectivity index (χ1v) is 5.28. The Hall–Kier alpha value is -1.45. The van der Waals surface area contributed by atoms with E-state index in [1.807, 2.05) is 11.5 Å². The van der Waals surface area contributed by atoms with Crippen molar-refractivity contribution in [2.24, 2.45) is 5.92 Å². The maximum atomic E-state index is 11.6. The molecule has 1 aromatic rings.